The van der Waals surface area contributed by atoms with E-state index in [0.717, 1.165) is 4.90 Å². The summed E-state index contributed by atoms with van der Waals surface area (Å²) in [6.45, 7) is 5.01. The third-order valence-electron chi connectivity index (χ3n) is 2.73. The summed E-state index contributed by atoms with van der Waals surface area (Å²) in [5, 5.41) is 8.90. The number of amides is 1. The van der Waals surface area contributed by atoms with E-state index < -0.39 is 29.9 Å². The zero-order chi connectivity index (χ0) is 14.0. The smallest absolute Gasteiger partial charge is 0.410 e. The van der Waals surface area contributed by atoms with Crippen LogP contribution in [0.5, 0.6) is 0 Å². The maximum atomic E-state index is 14.1. The average molecular weight is 261 g/mol. The predicted octanol–water partition coefficient (Wildman–Crippen LogP) is 2.20. The van der Waals surface area contributed by atoms with Gasteiger partial charge in [0.25, 0.3) is 0 Å². The van der Waals surface area contributed by atoms with Gasteiger partial charge in [0.05, 0.1) is 6.54 Å². The number of likely N-dealkylation sites (tertiary alicyclic amines) is 1. The molecule has 18 heavy (non-hydrogen) atoms. The number of ether oxygens (including phenoxy) is 1. The van der Waals surface area contributed by atoms with Gasteiger partial charge in [-0.1, -0.05) is 0 Å². The molecule has 6 heteroatoms. The van der Waals surface area contributed by atoms with Crippen LogP contribution in [0.25, 0.3) is 0 Å². The number of hydrogen-bond acceptors (Lipinski definition) is 3. The van der Waals surface area contributed by atoms with Crippen molar-refractivity contribution in [3.05, 3.63) is 0 Å². The molecule has 5 nitrogen and oxygen atoms in total. The lowest BCUT2D eigenvalue weighted by Crippen LogP contribution is -2.47. The molecule has 1 heterocycles. The third-order valence-corrected chi connectivity index (χ3v) is 2.73. The first-order chi connectivity index (χ1) is 8.14. The van der Waals surface area contributed by atoms with Crippen LogP contribution in [0.15, 0.2) is 0 Å². The number of carboxylic acids is 1. The van der Waals surface area contributed by atoms with Gasteiger partial charge in [-0.25, -0.2) is 14.0 Å². The molecular formula is C12H20FNO4. The quantitative estimate of drug-likeness (QED) is 0.785. The highest BCUT2D eigenvalue weighted by Gasteiger charge is 2.43. The number of carbonyl (C=O) groups is 2. The van der Waals surface area contributed by atoms with Gasteiger partial charge < -0.3 is 14.7 Å². The Morgan fingerprint density at radius 2 is 1.94 bits per heavy atom. The molecule has 0 saturated carbocycles. The standard InChI is InChI=1S/C12H20FNO4/c1-11(2,3)18-10(17)14-7-5-4-6-12(13,8-14)9(15)16/h4-8H2,1-3H3,(H,15,16). The van der Waals surface area contributed by atoms with Crippen LogP contribution in [-0.2, 0) is 9.53 Å². The van der Waals surface area contributed by atoms with Crippen molar-refractivity contribution >= 4 is 12.1 Å². The molecule has 1 amide bonds. The van der Waals surface area contributed by atoms with Crippen LogP contribution < -0.4 is 0 Å². The summed E-state index contributed by atoms with van der Waals surface area (Å²) in [5.74, 6) is -1.52. The van der Waals surface area contributed by atoms with Crippen molar-refractivity contribution in [2.45, 2.75) is 51.3 Å². The summed E-state index contributed by atoms with van der Waals surface area (Å²) in [4.78, 5) is 23.9. The highest BCUT2D eigenvalue weighted by Crippen LogP contribution is 2.26. The number of alkyl halides is 1. The van der Waals surface area contributed by atoms with Crippen LogP contribution in [0.1, 0.15) is 40.0 Å². The molecule has 0 radical (unpaired) electrons. The fourth-order valence-corrected chi connectivity index (χ4v) is 1.83. The minimum atomic E-state index is -2.37. The zero-order valence-electron chi connectivity index (χ0n) is 11.0. The first kappa shape index (κ1) is 14.7. The maximum Gasteiger partial charge on any atom is 0.410 e. The number of carbonyl (C=O) groups excluding carboxylic acids is 1. The lowest BCUT2D eigenvalue weighted by molar-refractivity contribution is -0.152. The molecule has 1 rings (SSSR count). The van der Waals surface area contributed by atoms with E-state index in [0.29, 0.717) is 19.4 Å². The van der Waals surface area contributed by atoms with Crippen LogP contribution in [0.3, 0.4) is 0 Å². The maximum absolute atomic E-state index is 14.1. The number of hydrogen-bond donors (Lipinski definition) is 1. The van der Waals surface area contributed by atoms with E-state index in [1.165, 1.54) is 0 Å². The van der Waals surface area contributed by atoms with E-state index in [2.05, 4.69) is 0 Å². The number of rotatable bonds is 1. The summed E-state index contributed by atoms with van der Waals surface area (Å²) in [6, 6.07) is 0. The molecule has 1 aliphatic rings. The minimum absolute atomic E-state index is 0.0678. The molecule has 0 aromatic heterocycles. The molecule has 0 aromatic rings. The van der Waals surface area contributed by atoms with Crippen molar-refractivity contribution in [2.24, 2.45) is 0 Å². The summed E-state index contributed by atoms with van der Waals surface area (Å²) in [7, 11) is 0. The largest absolute Gasteiger partial charge is 0.479 e. The van der Waals surface area contributed by atoms with Gasteiger partial charge in [-0.05, 0) is 40.0 Å². The normalized spacial score (nSPS) is 25.4. The van der Waals surface area contributed by atoms with Gasteiger partial charge in [0, 0.05) is 6.54 Å². The monoisotopic (exact) mass is 261 g/mol. The van der Waals surface area contributed by atoms with Crippen molar-refractivity contribution in [3.63, 3.8) is 0 Å². The molecule has 1 aliphatic heterocycles. The van der Waals surface area contributed by atoms with Gasteiger partial charge in [-0.15, -0.1) is 0 Å². The molecule has 104 valence electrons. The Morgan fingerprint density at radius 3 is 2.44 bits per heavy atom. The second-order valence-electron chi connectivity index (χ2n) is 5.63. The summed E-state index contributed by atoms with van der Waals surface area (Å²) >= 11 is 0. The van der Waals surface area contributed by atoms with Crippen molar-refractivity contribution in [1.29, 1.82) is 0 Å². The SMILES string of the molecule is CC(C)(C)OC(=O)N1CCCCC(F)(C(=O)O)C1. The first-order valence-corrected chi connectivity index (χ1v) is 6.04. The molecule has 0 aliphatic carbocycles. The molecule has 1 fully saturated rings. The molecule has 0 spiro atoms. The Labute approximate surface area is 106 Å². The second kappa shape index (κ2) is 5.12. The van der Waals surface area contributed by atoms with Crippen molar-refractivity contribution in [1.82, 2.24) is 4.90 Å². The van der Waals surface area contributed by atoms with E-state index in [1.807, 2.05) is 0 Å². The second-order valence-corrected chi connectivity index (χ2v) is 5.63. The van der Waals surface area contributed by atoms with Gasteiger partial charge in [0.1, 0.15) is 5.60 Å². The van der Waals surface area contributed by atoms with Crippen molar-refractivity contribution < 1.29 is 23.8 Å². The van der Waals surface area contributed by atoms with Crippen LogP contribution in [-0.4, -0.2) is 46.4 Å². The molecule has 1 saturated heterocycles. The molecule has 0 bridgehead atoms. The predicted molar refractivity (Wildman–Crippen MR) is 63.1 cm³/mol. The third kappa shape index (κ3) is 3.85. The fraction of sp³-hybridized carbons (Fsp3) is 0.833. The highest BCUT2D eigenvalue weighted by atomic mass is 19.1. The van der Waals surface area contributed by atoms with E-state index in [-0.39, 0.29) is 6.42 Å². The first-order valence-electron chi connectivity index (χ1n) is 6.04. The average Bonchev–Trinajstić information content (AvgIpc) is 2.38. The van der Waals surface area contributed by atoms with Gasteiger partial charge in [0.15, 0.2) is 0 Å². The lowest BCUT2D eigenvalue weighted by Gasteiger charge is -2.29. The summed E-state index contributed by atoms with van der Waals surface area (Å²) in [5.41, 5.74) is -3.04. The van der Waals surface area contributed by atoms with Gasteiger partial charge in [-0.2, -0.15) is 0 Å². The highest BCUT2D eigenvalue weighted by molar-refractivity contribution is 5.79. The Hall–Kier alpha value is -1.33. The van der Waals surface area contributed by atoms with Gasteiger partial charge in [-0.3, -0.25) is 0 Å². The number of aliphatic carboxylic acids is 1. The van der Waals surface area contributed by atoms with E-state index in [4.69, 9.17) is 9.84 Å². The summed E-state index contributed by atoms with van der Waals surface area (Å²) in [6.07, 6.45) is 0.301. The van der Waals surface area contributed by atoms with Crippen molar-refractivity contribution in [2.75, 3.05) is 13.1 Å². The van der Waals surface area contributed by atoms with Crippen LogP contribution >= 0.6 is 0 Å². The van der Waals surface area contributed by atoms with E-state index in [1.54, 1.807) is 20.8 Å². The molecule has 1 unspecified atom stereocenters. The fourth-order valence-electron chi connectivity index (χ4n) is 1.83. The number of halogens is 1. The Balaban J connectivity index is 2.76. The molecule has 0 aromatic carbocycles. The lowest BCUT2D eigenvalue weighted by atomic mass is 10.0. The number of nitrogens with zero attached hydrogens (tertiary/aromatic N) is 1. The van der Waals surface area contributed by atoms with Gasteiger partial charge in [0.2, 0.25) is 5.67 Å². The molecule has 1 N–H and O–H groups in total. The van der Waals surface area contributed by atoms with Crippen LogP contribution in [0, 0.1) is 0 Å². The van der Waals surface area contributed by atoms with Crippen LogP contribution in [0.4, 0.5) is 9.18 Å². The van der Waals surface area contributed by atoms with Crippen molar-refractivity contribution in [3.8, 4) is 0 Å². The van der Waals surface area contributed by atoms with E-state index in [9.17, 15) is 14.0 Å². The number of carboxylic acid groups (broad SMARTS) is 1. The van der Waals surface area contributed by atoms with Crippen LogP contribution in [0.2, 0.25) is 0 Å². The molecular weight excluding hydrogens is 241 g/mol. The Kier molecular flexibility index (Phi) is 4.19. The van der Waals surface area contributed by atoms with Gasteiger partial charge >= 0.3 is 12.1 Å². The topological polar surface area (TPSA) is 66.8 Å². The zero-order valence-corrected chi connectivity index (χ0v) is 11.0. The van der Waals surface area contributed by atoms with E-state index >= 15 is 0 Å². The Morgan fingerprint density at radius 1 is 1.33 bits per heavy atom. The summed E-state index contributed by atoms with van der Waals surface area (Å²) < 4.78 is 19.3. The minimum Gasteiger partial charge on any atom is -0.479 e. The Bertz CT molecular complexity index is 339. The molecule has 1 atom stereocenters.